The van der Waals surface area contributed by atoms with Crippen molar-refractivity contribution < 1.29 is 13.2 Å². The van der Waals surface area contributed by atoms with Gasteiger partial charge in [0.05, 0.1) is 23.5 Å². The summed E-state index contributed by atoms with van der Waals surface area (Å²) in [5.74, 6) is -0.379. The van der Waals surface area contributed by atoms with Crippen LogP contribution < -0.4 is 21.9 Å². The van der Waals surface area contributed by atoms with Gasteiger partial charge in [-0.05, 0) is 43.0 Å². The molecule has 0 amide bonds. The third-order valence-electron chi connectivity index (χ3n) is 5.41. The van der Waals surface area contributed by atoms with Crippen molar-refractivity contribution in [1.29, 1.82) is 0 Å². The second-order valence-corrected chi connectivity index (χ2v) is 7.63. The SMILES string of the molecule is Cc1cccc2cc([C@H](C)NC3=C(C(F)(F)F)CN=C(N)N3)n(-c3ccccc3)c(=O)c12. The number of alkyl halides is 3. The minimum absolute atomic E-state index is 0.109. The highest BCUT2D eigenvalue weighted by atomic mass is 19.4. The van der Waals surface area contributed by atoms with Gasteiger partial charge in [-0.15, -0.1) is 0 Å². The minimum atomic E-state index is -4.58. The van der Waals surface area contributed by atoms with Crippen LogP contribution in [0.25, 0.3) is 16.5 Å². The molecular weight excluding hydrogens is 419 g/mol. The van der Waals surface area contributed by atoms with Crippen LogP contribution in [0.15, 0.2) is 75.8 Å². The van der Waals surface area contributed by atoms with E-state index < -0.39 is 24.3 Å². The highest BCUT2D eigenvalue weighted by molar-refractivity contribution is 5.85. The summed E-state index contributed by atoms with van der Waals surface area (Å²) in [6.45, 7) is 2.97. The largest absolute Gasteiger partial charge is 0.417 e. The Kier molecular flexibility index (Phi) is 5.41. The normalized spacial score (nSPS) is 15.3. The fourth-order valence-electron chi connectivity index (χ4n) is 3.85. The summed E-state index contributed by atoms with van der Waals surface area (Å²) in [6.07, 6.45) is -4.58. The summed E-state index contributed by atoms with van der Waals surface area (Å²) >= 11 is 0. The molecule has 4 rings (SSSR count). The molecule has 0 saturated carbocycles. The number of hydrogen-bond acceptors (Lipinski definition) is 5. The number of rotatable bonds is 4. The van der Waals surface area contributed by atoms with E-state index in [1.165, 1.54) is 4.57 Å². The monoisotopic (exact) mass is 441 g/mol. The Morgan fingerprint density at radius 1 is 1.16 bits per heavy atom. The fourth-order valence-corrected chi connectivity index (χ4v) is 3.85. The van der Waals surface area contributed by atoms with Gasteiger partial charge in [0.15, 0.2) is 5.96 Å². The van der Waals surface area contributed by atoms with E-state index in [9.17, 15) is 18.0 Å². The maximum Gasteiger partial charge on any atom is 0.417 e. The lowest BCUT2D eigenvalue weighted by Gasteiger charge is -2.27. The predicted molar refractivity (Wildman–Crippen MR) is 119 cm³/mol. The van der Waals surface area contributed by atoms with Crippen molar-refractivity contribution in [2.24, 2.45) is 10.7 Å². The van der Waals surface area contributed by atoms with Crippen LogP contribution >= 0.6 is 0 Å². The number of halogens is 3. The molecule has 9 heteroatoms. The van der Waals surface area contributed by atoms with Crippen LogP contribution in [0.3, 0.4) is 0 Å². The number of aliphatic imine (C=N–C) groups is 1. The van der Waals surface area contributed by atoms with Crippen LogP contribution in [0.4, 0.5) is 13.2 Å². The number of nitrogens with two attached hydrogens (primary N) is 1. The van der Waals surface area contributed by atoms with E-state index in [0.29, 0.717) is 22.2 Å². The van der Waals surface area contributed by atoms with Crippen LogP contribution in [0, 0.1) is 6.92 Å². The van der Waals surface area contributed by atoms with E-state index in [2.05, 4.69) is 15.6 Å². The first-order valence-electron chi connectivity index (χ1n) is 10.0. The van der Waals surface area contributed by atoms with Crippen LogP contribution in [0.1, 0.15) is 24.2 Å². The van der Waals surface area contributed by atoms with Gasteiger partial charge in [-0.3, -0.25) is 9.36 Å². The molecule has 2 heterocycles. The summed E-state index contributed by atoms with van der Waals surface area (Å²) in [6, 6.07) is 15.7. The first kappa shape index (κ1) is 21.5. The quantitative estimate of drug-likeness (QED) is 0.577. The molecule has 0 bridgehead atoms. The van der Waals surface area contributed by atoms with Gasteiger partial charge >= 0.3 is 6.18 Å². The van der Waals surface area contributed by atoms with E-state index in [-0.39, 0.29) is 17.3 Å². The van der Waals surface area contributed by atoms with E-state index in [4.69, 9.17) is 5.73 Å². The zero-order valence-electron chi connectivity index (χ0n) is 17.5. The molecule has 1 aliphatic heterocycles. The van der Waals surface area contributed by atoms with Gasteiger partial charge in [-0.25, -0.2) is 4.99 Å². The van der Waals surface area contributed by atoms with E-state index in [1.54, 1.807) is 31.2 Å². The van der Waals surface area contributed by atoms with Gasteiger partial charge < -0.3 is 16.4 Å². The molecule has 0 aliphatic carbocycles. The number of hydrogen-bond donors (Lipinski definition) is 3. The van der Waals surface area contributed by atoms with Gasteiger partial charge in [0.25, 0.3) is 5.56 Å². The summed E-state index contributed by atoms with van der Waals surface area (Å²) in [5, 5.41) is 6.63. The highest BCUT2D eigenvalue weighted by Crippen LogP contribution is 2.30. The smallest absolute Gasteiger partial charge is 0.370 e. The molecule has 166 valence electrons. The third-order valence-corrected chi connectivity index (χ3v) is 5.41. The van der Waals surface area contributed by atoms with Crippen molar-refractivity contribution in [3.05, 3.63) is 87.6 Å². The molecule has 0 radical (unpaired) electrons. The van der Waals surface area contributed by atoms with Crippen molar-refractivity contribution in [2.45, 2.75) is 26.1 Å². The number of aromatic nitrogens is 1. The van der Waals surface area contributed by atoms with Gasteiger partial charge in [0.2, 0.25) is 0 Å². The molecule has 1 aromatic heterocycles. The van der Waals surface area contributed by atoms with Crippen molar-refractivity contribution in [3.8, 4) is 5.69 Å². The molecule has 0 spiro atoms. The molecule has 0 saturated heterocycles. The fraction of sp³-hybridized carbons (Fsp3) is 0.217. The Morgan fingerprint density at radius 2 is 1.88 bits per heavy atom. The number of nitrogens with one attached hydrogen (secondary N) is 2. The molecule has 1 atom stereocenters. The van der Waals surface area contributed by atoms with Gasteiger partial charge in [-0.1, -0.05) is 36.4 Å². The summed E-state index contributed by atoms with van der Waals surface area (Å²) in [5.41, 5.74) is 6.48. The van der Waals surface area contributed by atoms with E-state index >= 15 is 0 Å². The number of pyridine rings is 1. The zero-order chi connectivity index (χ0) is 23.0. The lowest BCUT2D eigenvalue weighted by Crippen LogP contribution is -2.44. The van der Waals surface area contributed by atoms with E-state index in [0.717, 1.165) is 5.56 Å². The maximum atomic E-state index is 13.5. The van der Waals surface area contributed by atoms with Gasteiger partial charge in [0.1, 0.15) is 5.82 Å². The zero-order valence-corrected chi connectivity index (χ0v) is 17.5. The number of guanidine groups is 1. The number of fused-ring (bicyclic) bond motifs is 1. The average Bonchev–Trinajstić information content (AvgIpc) is 2.73. The lowest BCUT2D eigenvalue weighted by atomic mass is 10.0. The number of aryl methyl sites for hydroxylation is 1. The molecule has 6 nitrogen and oxygen atoms in total. The van der Waals surface area contributed by atoms with Crippen molar-refractivity contribution in [2.75, 3.05) is 6.54 Å². The Bertz CT molecular complexity index is 1290. The van der Waals surface area contributed by atoms with Gasteiger partial charge in [-0.2, -0.15) is 13.2 Å². The highest BCUT2D eigenvalue weighted by Gasteiger charge is 2.38. The van der Waals surface area contributed by atoms with Crippen LogP contribution in [-0.4, -0.2) is 23.2 Å². The molecule has 0 fully saturated rings. The van der Waals surface area contributed by atoms with Gasteiger partial charge in [0, 0.05) is 11.4 Å². The average molecular weight is 441 g/mol. The predicted octanol–water partition coefficient (Wildman–Crippen LogP) is 3.64. The maximum absolute atomic E-state index is 13.5. The summed E-state index contributed by atoms with van der Waals surface area (Å²) < 4.78 is 42.1. The van der Waals surface area contributed by atoms with Crippen molar-refractivity contribution in [3.63, 3.8) is 0 Å². The molecule has 4 N–H and O–H groups in total. The third kappa shape index (κ3) is 3.93. The Labute approximate surface area is 182 Å². The Morgan fingerprint density at radius 3 is 2.56 bits per heavy atom. The number of para-hydroxylation sites is 1. The van der Waals surface area contributed by atoms with Crippen molar-refractivity contribution >= 4 is 16.7 Å². The summed E-state index contributed by atoms with van der Waals surface area (Å²) in [7, 11) is 0. The standard InChI is InChI=1S/C23H22F3N5O/c1-13-7-6-8-15-11-18(31(21(32)19(13)15)16-9-4-3-5-10-16)14(2)29-20-17(23(24,25)26)12-28-22(27)30-20/h3-11,14,29H,12H2,1-2H3,(H3,27,28,30)/t14-/m0/s1. The molecule has 3 aromatic rings. The van der Waals surface area contributed by atoms with Crippen LogP contribution in [0.5, 0.6) is 0 Å². The molecule has 32 heavy (non-hydrogen) atoms. The number of benzene rings is 2. The van der Waals surface area contributed by atoms with Crippen molar-refractivity contribution in [1.82, 2.24) is 15.2 Å². The lowest BCUT2D eigenvalue weighted by molar-refractivity contribution is -0.0938. The Balaban J connectivity index is 1.88. The topological polar surface area (TPSA) is 84.4 Å². The van der Waals surface area contributed by atoms with Crippen LogP contribution in [0.2, 0.25) is 0 Å². The second-order valence-electron chi connectivity index (χ2n) is 7.63. The first-order chi connectivity index (χ1) is 15.2. The van der Waals surface area contributed by atoms with E-state index in [1.807, 2.05) is 37.3 Å². The minimum Gasteiger partial charge on any atom is -0.370 e. The molecule has 0 unspecified atom stereocenters. The first-order valence-corrected chi connectivity index (χ1v) is 10.0. The Hall–Kier alpha value is -3.75. The molecular formula is C23H22F3N5O. The molecule has 1 aliphatic rings. The number of nitrogens with zero attached hydrogens (tertiary/aromatic N) is 2. The molecule has 2 aromatic carbocycles. The van der Waals surface area contributed by atoms with Crippen LogP contribution in [-0.2, 0) is 0 Å². The second kappa shape index (κ2) is 8.07. The summed E-state index contributed by atoms with van der Waals surface area (Å²) in [4.78, 5) is 17.2.